The van der Waals surface area contributed by atoms with Gasteiger partial charge in [-0.3, -0.25) is 4.68 Å². The Hall–Kier alpha value is -1.40. The lowest BCUT2D eigenvalue weighted by atomic mass is 10.2. The highest BCUT2D eigenvalue weighted by molar-refractivity contribution is 9.10. The van der Waals surface area contributed by atoms with Crippen molar-refractivity contribution in [3.05, 3.63) is 46.7 Å². The minimum atomic E-state index is 0.379. The number of thiocarbonyl (C=S) groups is 1. The maximum absolute atomic E-state index is 5.73. The summed E-state index contributed by atoms with van der Waals surface area (Å²) in [5, 5.41) is 7.45. The van der Waals surface area contributed by atoms with Gasteiger partial charge < -0.3 is 11.1 Å². The van der Waals surface area contributed by atoms with E-state index in [1.807, 2.05) is 35.1 Å². The van der Waals surface area contributed by atoms with E-state index in [1.54, 1.807) is 6.20 Å². The summed E-state index contributed by atoms with van der Waals surface area (Å²) < 4.78 is 2.77. The van der Waals surface area contributed by atoms with Crippen molar-refractivity contribution in [3.63, 3.8) is 0 Å². The number of nitrogens with one attached hydrogen (secondary N) is 1. The maximum Gasteiger partial charge on any atom is 0.107 e. The third-order valence-corrected chi connectivity index (χ3v) is 3.34. The van der Waals surface area contributed by atoms with Crippen molar-refractivity contribution in [2.75, 3.05) is 11.9 Å². The predicted molar refractivity (Wildman–Crippen MR) is 80.7 cm³/mol. The molecular weight excluding hydrogens is 312 g/mol. The van der Waals surface area contributed by atoms with E-state index < -0.39 is 0 Å². The number of anilines is 1. The summed E-state index contributed by atoms with van der Waals surface area (Å²) in [6.07, 6.45) is 3.69. The van der Waals surface area contributed by atoms with Gasteiger partial charge in [-0.05, 0) is 34.1 Å². The van der Waals surface area contributed by atoms with Gasteiger partial charge in [0, 0.05) is 34.7 Å². The molecule has 1 aromatic carbocycles. The van der Waals surface area contributed by atoms with Gasteiger partial charge in [0.05, 0.1) is 6.54 Å². The van der Waals surface area contributed by atoms with Crippen LogP contribution in [0.2, 0.25) is 0 Å². The third-order valence-electron chi connectivity index (χ3n) is 2.48. The van der Waals surface area contributed by atoms with Crippen LogP contribution in [0.1, 0.15) is 5.56 Å². The first-order valence-electron chi connectivity index (χ1n) is 5.48. The van der Waals surface area contributed by atoms with E-state index in [-0.39, 0.29) is 0 Å². The van der Waals surface area contributed by atoms with E-state index in [1.165, 1.54) is 0 Å². The van der Waals surface area contributed by atoms with Crippen LogP contribution in [0, 0.1) is 0 Å². The highest BCUT2D eigenvalue weighted by Gasteiger charge is 2.08. The fourth-order valence-electron chi connectivity index (χ4n) is 1.66. The molecule has 0 bridgehead atoms. The molecule has 18 heavy (non-hydrogen) atoms. The molecule has 0 radical (unpaired) electrons. The van der Waals surface area contributed by atoms with E-state index in [9.17, 15) is 0 Å². The maximum atomic E-state index is 5.73. The van der Waals surface area contributed by atoms with Gasteiger partial charge in [0.1, 0.15) is 4.99 Å². The first kappa shape index (κ1) is 13.0. The smallest absolute Gasteiger partial charge is 0.107 e. The molecule has 0 aliphatic heterocycles. The summed E-state index contributed by atoms with van der Waals surface area (Å²) in [4.78, 5) is 0.379. The van der Waals surface area contributed by atoms with Crippen molar-refractivity contribution in [2.45, 2.75) is 6.54 Å². The number of rotatable bonds is 5. The van der Waals surface area contributed by atoms with Gasteiger partial charge in [-0.25, -0.2) is 0 Å². The van der Waals surface area contributed by atoms with Gasteiger partial charge >= 0.3 is 0 Å². The summed E-state index contributed by atoms with van der Waals surface area (Å²) in [5.74, 6) is 0. The lowest BCUT2D eigenvalue weighted by molar-refractivity contribution is 0.638. The largest absolute Gasteiger partial charge is 0.389 e. The lowest BCUT2D eigenvalue weighted by Crippen LogP contribution is -2.16. The highest BCUT2D eigenvalue weighted by Crippen LogP contribution is 2.24. The van der Waals surface area contributed by atoms with Gasteiger partial charge in [-0.1, -0.05) is 18.3 Å². The second-order valence-corrected chi connectivity index (χ2v) is 5.02. The Kier molecular flexibility index (Phi) is 4.33. The molecule has 0 aliphatic rings. The molecule has 0 saturated carbocycles. The van der Waals surface area contributed by atoms with Crippen molar-refractivity contribution in [3.8, 4) is 0 Å². The van der Waals surface area contributed by atoms with Crippen LogP contribution in [0.4, 0.5) is 5.69 Å². The van der Waals surface area contributed by atoms with E-state index in [4.69, 9.17) is 18.0 Å². The first-order valence-corrected chi connectivity index (χ1v) is 6.68. The third kappa shape index (κ3) is 3.08. The second-order valence-electron chi connectivity index (χ2n) is 3.72. The van der Waals surface area contributed by atoms with E-state index >= 15 is 0 Å². The Morgan fingerprint density at radius 2 is 2.28 bits per heavy atom. The van der Waals surface area contributed by atoms with Crippen LogP contribution in [-0.4, -0.2) is 21.3 Å². The van der Waals surface area contributed by atoms with Crippen molar-refractivity contribution in [1.29, 1.82) is 0 Å². The monoisotopic (exact) mass is 324 g/mol. The topological polar surface area (TPSA) is 55.9 Å². The van der Waals surface area contributed by atoms with Crippen LogP contribution in [0.5, 0.6) is 0 Å². The molecule has 0 saturated heterocycles. The zero-order chi connectivity index (χ0) is 13.0. The quantitative estimate of drug-likeness (QED) is 0.829. The Bertz CT molecular complexity index is 539. The average Bonchev–Trinajstić information content (AvgIpc) is 2.81. The Morgan fingerprint density at radius 1 is 1.44 bits per heavy atom. The second kappa shape index (κ2) is 5.97. The number of nitrogens with two attached hydrogens (primary N) is 1. The number of benzene rings is 1. The Morgan fingerprint density at radius 3 is 2.94 bits per heavy atom. The van der Waals surface area contributed by atoms with Crippen LogP contribution >= 0.6 is 28.1 Å². The van der Waals surface area contributed by atoms with Crippen molar-refractivity contribution < 1.29 is 0 Å². The van der Waals surface area contributed by atoms with E-state index in [2.05, 4.69) is 26.3 Å². The molecule has 6 heteroatoms. The Balaban J connectivity index is 2.05. The molecule has 0 amide bonds. The van der Waals surface area contributed by atoms with Crippen LogP contribution < -0.4 is 11.1 Å². The summed E-state index contributed by atoms with van der Waals surface area (Å²) in [6.45, 7) is 1.55. The fourth-order valence-corrected chi connectivity index (χ4v) is 2.59. The zero-order valence-electron chi connectivity index (χ0n) is 9.64. The van der Waals surface area contributed by atoms with Gasteiger partial charge in [0.15, 0.2) is 0 Å². The molecule has 2 aromatic rings. The van der Waals surface area contributed by atoms with Gasteiger partial charge in [0.2, 0.25) is 0 Å². The van der Waals surface area contributed by atoms with Crippen molar-refractivity contribution in [1.82, 2.24) is 9.78 Å². The minimum Gasteiger partial charge on any atom is -0.389 e. The molecule has 3 N–H and O–H groups in total. The fraction of sp³-hybridized carbons (Fsp3) is 0.167. The molecule has 0 spiro atoms. The molecule has 0 atom stereocenters. The number of nitrogens with zero attached hydrogens (tertiary/aromatic N) is 2. The molecule has 0 fully saturated rings. The average molecular weight is 325 g/mol. The summed E-state index contributed by atoms with van der Waals surface area (Å²) in [5.41, 5.74) is 7.50. The summed E-state index contributed by atoms with van der Waals surface area (Å²) >= 11 is 8.51. The highest BCUT2D eigenvalue weighted by atomic mass is 79.9. The number of hydrogen-bond donors (Lipinski definition) is 2. The lowest BCUT2D eigenvalue weighted by Gasteiger charge is -2.12. The molecular formula is C12H13BrN4S. The summed E-state index contributed by atoms with van der Waals surface area (Å²) in [7, 11) is 0. The molecule has 1 aromatic heterocycles. The van der Waals surface area contributed by atoms with Gasteiger partial charge in [-0.2, -0.15) is 5.10 Å². The zero-order valence-corrected chi connectivity index (χ0v) is 12.0. The minimum absolute atomic E-state index is 0.379. The molecule has 0 unspecified atom stereocenters. The predicted octanol–water partition coefficient (Wildman–Crippen LogP) is 2.39. The molecule has 2 rings (SSSR count). The van der Waals surface area contributed by atoms with E-state index in [0.717, 1.165) is 28.8 Å². The van der Waals surface area contributed by atoms with Crippen LogP contribution in [-0.2, 0) is 6.54 Å². The molecule has 0 aliphatic carbocycles. The number of hydrogen-bond acceptors (Lipinski definition) is 3. The van der Waals surface area contributed by atoms with Crippen LogP contribution in [0.15, 0.2) is 41.1 Å². The van der Waals surface area contributed by atoms with Crippen molar-refractivity contribution >= 4 is 38.8 Å². The van der Waals surface area contributed by atoms with Gasteiger partial charge in [-0.15, -0.1) is 0 Å². The van der Waals surface area contributed by atoms with Gasteiger partial charge in [0.25, 0.3) is 0 Å². The molecule has 1 heterocycles. The molecule has 94 valence electrons. The normalized spacial score (nSPS) is 10.3. The number of aromatic nitrogens is 2. The molecule has 4 nitrogen and oxygen atoms in total. The standard InChI is InChI=1S/C12H13BrN4S/c13-9-3-1-4-10(11(9)12(14)18)15-6-8-17-7-2-5-16-17/h1-5,7,15H,6,8H2,(H2,14,18). The van der Waals surface area contributed by atoms with Crippen LogP contribution in [0.25, 0.3) is 0 Å². The summed E-state index contributed by atoms with van der Waals surface area (Å²) in [6, 6.07) is 7.73. The Labute approximate surface area is 119 Å². The van der Waals surface area contributed by atoms with E-state index in [0.29, 0.717) is 4.99 Å². The number of halogens is 1. The van der Waals surface area contributed by atoms with Crippen molar-refractivity contribution in [2.24, 2.45) is 5.73 Å². The first-order chi connectivity index (χ1) is 8.68. The SMILES string of the molecule is NC(=S)c1c(Br)cccc1NCCn1cccn1. The van der Waals surface area contributed by atoms with Crippen LogP contribution in [0.3, 0.4) is 0 Å².